The summed E-state index contributed by atoms with van der Waals surface area (Å²) in [5.41, 5.74) is 2.96. The van der Waals surface area contributed by atoms with Gasteiger partial charge in [-0.1, -0.05) is 34.6 Å². The first-order valence-corrected chi connectivity index (χ1v) is 10.6. The van der Waals surface area contributed by atoms with E-state index >= 15 is 0 Å². The standard InChI is InChI=1S/C20H27FN2O2S/c1-12(2)17-16(20(4,5)6)18(14-8-10-15(21)11-9-14)23-19(22-17)13(3)26(7,24)25/h8-13H,1-7H3. The summed E-state index contributed by atoms with van der Waals surface area (Å²) in [5.74, 6) is 0.0504. The Morgan fingerprint density at radius 3 is 1.96 bits per heavy atom. The highest BCUT2D eigenvalue weighted by Crippen LogP contribution is 2.37. The Balaban J connectivity index is 2.88. The predicted molar refractivity (Wildman–Crippen MR) is 103 cm³/mol. The van der Waals surface area contributed by atoms with E-state index in [4.69, 9.17) is 0 Å². The molecule has 0 spiro atoms. The summed E-state index contributed by atoms with van der Waals surface area (Å²) in [6, 6.07) is 6.12. The molecule has 1 unspecified atom stereocenters. The molecule has 0 bridgehead atoms. The third-order valence-electron chi connectivity index (χ3n) is 4.37. The Kier molecular flexibility index (Phi) is 5.57. The lowest BCUT2D eigenvalue weighted by Gasteiger charge is -2.28. The number of nitrogens with zero attached hydrogens (tertiary/aromatic N) is 2. The molecule has 4 nitrogen and oxygen atoms in total. The maximum atomic E-state index is 13.4. The molecule has 0 saturated carbocycles. The first-order valence-electron chi connectivity index (χ1n) is 8.69. The number of halogens is 1. The first kappa shape index (κ1) is 20.5. The Morgan fingerprint density at radius 1 is 1.00 bits per heavy atom. The highest BCUT2D eigenvalue weighted by Gasteiger charge is 2.30. The maximum absolute atomic E-state index is 13.4. The summed E-state index contributed by atoms with van der Waals surface area (Å²) in [6.45, 7) is 11.9. The average Bonchev–Trinajstić information content (AvgIpc) is 2.51. The van der Waals surface area contributed by atoms with E-state index in [1.807, 2.05) is 13.8 Å². The molecule has 142 valence electrons. The van der Waals surface area contributed by atoms with Gasteiger partial charge in [0.1, 0.15) is 16.9 Å². The van der Waals surface area contributed by atoms with Crippen molar-refractivity contribution in [3.05, 3.63) is 47.2 Å². The molecule has 0 N–H and O–H groups in total. The normalized spacial score (nSPS) is 13.9. The molecular weight excluding hydrogens is 351 g/mol. The van der Waals surface area contributed by atoms with Crippen LogP contribution in [0.5, 0.6) is 0 Å². The van der Waals surface area contributed by atoms with Crippen LogP contribution in [0.1, 0.15) is 69.8 Å². The van der Waals surface area contributed by atoms with Gasteiger partial charge in [0.05, 0.1) is 11.4 Å². The Bertz CT molecular complexity index is 899. The topological polar surface area (TPSA) is 59.9 Å². The average molecular weight is 379 g/mol. The van der Waals surface area contributed by atoms with Gasteiger partial charge in [-0.2, -0.15) is 0 Å². The summed E-state index contributed by atoms with van der Waals surface area (Å²) in [7, 11) is -3.34. The minimum atomic E-state index is -3.34. The molecule has 0 saturated heterocycles. The fraction of sp³-hybridized carbons (Fsp3) is 0.500. The summed E-state index contributed by atoms with van der Waals surface area (Å²) < 4.78 is 37.5. The van der Waals surface area contributed by atoms with Gasteiger partial charge in [-0.15, -0.1) is 0 Å². The second kappa shape index (κ2) is 7.06. The van der Waals surface area contributed by atoms with E-state index in [-0.39, 0.29) is 23.0 Å². The molecule has 0 radical (unpaired) electrons. The number of rotatable bonds is 4. The van der Waals surface area contributed by atoms with Gasteiger partial charge in [-0.05, 0) is 42.5 Å². The molecule has 0 aliphatic heterocycles. The lowest BCUT2D eigenvalue weighted by atomic mass is 9.80. The zero-order valence-electron chi connectivity index (χ0n) is 16.5. The Hall–Kier alpha value is -1.82. The maximum Gasteiger partial charge on any atom is 0.157 e. The minimum Gasteiger partial charge on any atom is -0.236 e. The number of hydrogen-bond donors (Lipinski definition) is 0. The summed E-state index contributed by atoms with van der Waals surface area (Å²) in [4.78, 5) is 9.28. The SMILES string of the molecule is CC(C)c1nc(C(C)S(C)(=O)=O)nc(-c2ccc(F)cc2)c1C(C)(C)C. The largest absolute Gasteiger partial charge is 0.236 e. The van der Waals surface area contributed by atoms with Crippen molar-refractivity contribution in [2.75, 3.05) is 6.26 Å². The predicted octanol–water partition coefficient (Wildman–Crippen LogP) is 4.81. The van der Waals surface area contributed by atoms with E-state index in [0.717, 1.165) is 16.8 Å². The van der Waals surface area contributed by atoms with Crippen LogP contribution >= 0.6 is 0 Å². The summed E-state index contributed by atoms with van der Waals surface area (Å²) in [5, 5.41) is -0.812. The van der Waals surface area contributed by atoms with Crippen molar-refractivity contribution in [2.45, 2.75) is 58.1 Å². The van der Waals surface area contributed by atoms with Gasteiger partial charge >= 0.3 is 0 Å². The number of aromatic nitrogens is 2. The molecule has 1 atom stereocenters. The number of sulfone groups is 1. The molecule has 1 aromatic heterocycles. The molecule has 26 heavy (non-hydrogen) atoms. The van der Waals surface area contributed by atoms with Crippen LogP contribution in [0.2, 0.25) is 0 Å². The quantitative estimate of drug-likeness (QED) is 0.766. The second-order valence-corrected chi connectivity index (χ2v) is 10.4. The number of benzene rings is 1. The monoisotopic (exact) mass is 378 g/mol. The van der Waals surface area contributed by atoms with Gasteiger partial charge in [0.2, 0.25) is 0 Å². The van der Waals surface area contributed by atoms with Crippen molar-refractivity contribution in [2.24, 2.45) is 0 Å². The zero-order chi connectivity index (χ0) is 19.9. The second-order valence-electron chi connectivity index (χ2n) is 8.07. The van der Waals surface area contributed by atoms with E-state index in [1.165, 1.54) is 18.4 Å². The molecule has 1 aromatic carbocycles. The highest BCUT2D eigenvalue weighted by molar-refractivity contribution is 7.90. The highest BCUT2D eigenvalue weighted by atomic mass is 32.2. The van der Waals surface area contributed by atoms with Gasteiger partial charge in [0.25, 0.3) is 0 Å². The van der Waals surface area contributed by atoms with Crippen LogP contribution in [-0.2, 0) is 15.3 Å². The fourth-order valence-electron chi connectivity index (χ4n) is 2.84. The van der Waals surface area contributed by atoms with Gasteiger partial charge in [0.15, 0.2) is 9.84 Å². The van der Waals surface area contributed by atoms with Crippen molar-refractivity contribution in [1.29, 1.82) is 0 Å². The lowest BCUT2D eigenvalue weighted by Crippen LogP contribution is -2.22. The van der Waals surface area contributed by atoms with Crippen molar-refractivity contribution in [3.63, 3.8) is 0 Å². The van der Waals surface area contributed by atoms with E-state index in [0.29, 0.717) is 5.69 Å². The molecule has 2 rings (SSSR count). The number of hydrogen-bond acceptors (Lipinski definition) is 4. The summed E-state index contributed by atoms with van der Waals surface area (Å²) in [6.07, 6.45) is 1.19. The lowest BCUT2D eigenvalue weighted by molar-refractivity contribution is 0.562. The van der Waals surface area contributed by atoms with E-state index < -0.39 is 15.1 Å². The van der Waals surface area contributed by atoms with Crippen molar-refractivity contribution >= 4 is 9.84 Å². The molecule has 0 aliphatic carbocycles. The van der Waals surface area contributed by atoms with Crippen LogP contribution < -0.4 is 0 Å². The molecular formula is C20H27FN2O2S. The van der Waals surface area contributed by atoms with Gasteiger partial charge < -0.3 is 0 Å². The molecule has 0 aliphatic rings. The van der Waals surface area contributed by atoms with E-state index in [1.54, 1.807) is 19.1 Å². The zero-order valence-corrected chi connectivity index (χ0v) is 17.3. The molecule has 2 aromatic rings. The van der Waals surface area contributed by atoms with Crippen LogP contribution in [0, 0.1) is 5.82 Å². The van der Waals surface area contributed by atoms with Crippen LogP contribution in [0.4, 0.5) is 4.39 Å². The smallest absolute Gasteiger partial charge is 0.157 e. The van der Waals surface area contributed by atoms with Gasteiger partial charge in [0, 0.05) is 17.4 Å². The van der Waals surface area contributed by atoms with Crippen LogP contribution in [0.25, 0.3) is 11.3 Å². The Labute approximate surface area is 155 Å². The molecule has 0 amide bonds. The van der Waals surface area contributed by atoms with Crippen LogP contribution in [0.3, 0.4) is 0 Å². The van der Waals surface area contributed by atoms with Gasteiger partial charge in [-0.3, -0.25) is 0 Å². The minimum absolute atomic E-state index is 0.0944. The van der Waals surface area contributed by atoms with Gasteiger partial charge in [-0.25, -0.2) is 22.8 Å². The summed E-state index contributed by atoms with van der Waals surface area (Å²) >= 11 is 0. The van der Waals surface area contributed by atoms with Crippen LogP contribution in [0.15, 0.2) is 24.3 Å². The molecule has 1 heterocycles. The van der Waals surface area contributed by atoms with E-state index in [9.17, 15) is 12.8 Å². The third-order valence-corrected chi connectivity index (χ3v) is 5.87. The fourth-order valence-corrected chi connectivity index (χ4v) is 3.33. The van der Waals surface area contributed by atoms with Crippen molar-refractivity contribution < 1.29 is 12.8 Å². The third kappa shape index (κ3) is 4.29. The molecule has 6 heteroatoms. The Morgan fingerprint density at radius 2 is 1.54 bits per heavy atom. The first-order chi connectivity index (χ1) is 11.8. The molecule has 0 fully saturated rings. The van der Waals surface area contributed by atoms with E-state index in [2.05, 4.69) is 30.7 Å². The van der Waals surface area contributed by atoms with Crippen molar-refractivity contribution in [3.8, 4) is 11.3 Å². The van der Waals surface area contributed by atoms with Crippen molar-refractivity contribution in [1.82, 2.24) is 9.97 Å². The van der Waals surface area contributed by atoms with Crippen LogP contribution in [-0.4, -0.2) is 24.6 Å².